The van der Waals surface area contributed by atoms with Crippen LogP contribution in [0.25, 0.3) is 10.9 Å². The van der Waals surface area contributed by atoms with Gasteiger partial charge in [0, 0.05) is 35.9 Å². The lowest BCUT2D eigenvalue weighted by atomic mass is 9.88. The number of aliphatic hydroxyl groups is 1. The van der Waals surface area contributed by atoms with Crippen molar-refractivity contribution in [1.82, 2.24) is 14.5 Å². The van der Waals surface area contributed by atoms with E-state index in [1.165, 1.54) is 5.56 Å². The Labute approximate surface area is 171 Å². The van der Waals surface area contributed by atoms with E-state index in [0.717, 1.165) is 52.7 Å². The van der Waals surface area contributed by atoms with Gasteiger partial charge in [-0.05, 0) is 69.5 Å². The SMILES string of the molecule is Cc1cc(C)c2c(c1)c1c(n2CC(O)c2ccncc2)C(C)(F)CN2CCCC12. The summed E-state index contributed by atoms with van der Waals surface area (Å²) >= 11 is 0. The summed E-state index contributed by atoms with van der Waals surface area (Å²) in [4.78, 5) is 6.35. The predicted octanol–water partition coefficient (Wildman–Crippen LogP) is 4.72. The molecule has 29 heavy (non-hydrogen) atoms. The van der Waals surface area contributed by atoms with Gasteiger partial charge in [-0.1, -0.05) is 11.6 Å². The summed E-state index contributed by atoms with van der Waals surface area (Å²) < 4.78 is 18.2. The molecule has 0 spiro atoms. The summed E-state index contributed by atoms with van der Waals surface area (Å²) in [6, 6.07) is 8.29. The van der Waals surface area contributed by atoms with Gasteiger partial charge in [-0.25, -0.2) is 4.39 Å². The van der Waals surface area contributed by atoms with E-state index in [0.29, 0.717) is 13.1 Å². The van der Waals surface area contributed by atoms with E-state index in [-0.39, 0.29) is 6.04 Å². The first-order valence-electron chi connectivity index (χ1n) is 10.5. The van der Waals surface area contributed by atoms with Crippen molar-refractivity contribution in [3.05, 3.63) is 64.6 Å². The van der Waals surface area contributed by atoms with Crippen molar-refractivity contribution in [1.29, 1.82) is 0 Å². The number of halogens is 1. The molecule has 2 aliphatic rings. The van der Waals surface area contributed by atoms with Crippen molar-refractivity contribution >= 4 is 10.9 Å². The van der Waals surface area contributed by atoms with Gasteiger partial charge in [0.15, 0.2) is 5.67 Å². The van der Waals surface area contributed by atoms with Gasteiger partial charge < -0.3 is 9.67 Å². The summed E-state index contributed by atoms with van der Waals surface area (Å²) in [5.41, 5.74) is 4.65. The Bertz CT molecular complexity index is 1070. The van der Waals surface area contributed by atoms with Crippen molar-refractivity contribution in [2.75, 3.05) is 13.1 Å². The lowest BCUT2D eigenvalue weighted by Crippen LogP contribution is -2.42. The molecule has 0 aliphatic carbocycles. The average molecular weight is 394 g/mol. The highest BCUT2D eigenvalue weighted by Gasteiger charge is 2.46. The van der Waals surface area contributed by atoms with E-state index < -0.39 is 11.8 Å². The van der Waals surface area contributed by atoms with Crippen LogP contribution in [0.4, 0.5) is 4.39 Å². The van der Waals surface area contributed by atoms with Crippen molar-refractivity contribution in [2.45, 2.75) is 58.0 Å². The summed E-state index contributed by atoms with van der Waals surface area (Å²) in [7, 11) is 0. The van der Waals surface area contributed by atoms with Crippen LogP contribution >= 0.6 is 0 Å². The van der Waals surface area contributed by atoms with E-state index in [1.54, 1.807) is 19.3 Å². The van der Waals surface area contributed by atoms with Gasteiger partial charge in [0.1, 0.15) is 0 Å². The van der Waals surface area contributed by atoms with Crippen LogP contribution in [0.2, 0.25) is 0 Å². The van der Waals surface area contributed by atoms with E-state index >= 15 is 4.39 Å². The molecule has 1 fully saturated rings. The normalized spacial score (nSPS) is 25.2. The smallest absolute Gasteiger partial charge is 0.160 e. The Kier molecular flexibility index (Phi) is 4.30. The molecule has 0 radical (unpaired) electrons. The van der Waals surface area contributed by atoms with Gasteiger partial charge in [-0.3, -0.25) is 9.88 Å². The number of rotatable bonds is 3. The monoisotopic (exact) mass is 393 g/mol. The molecule has 5 heteroatoms. The number of pyridine rings is 1. The minimum atomic E-state index is -1.45. The van der Waals surface area contributed by atoms with Gasteiger partial charge in [-0.2, -0.15) is 0 Å². The van der Waals surface area contributed by atoms with Crippen molar-refractivity contribution in [3.63, 3.8) is 0 Å². The lowest BCUT2D eigenvalue weighted by molar-refractivity contribution is 0.0672. The fourth-order valence-electron chi connectivity index (χ4n) is 5.65. The molecule has 4 nitrogen and oxygen atoms in total. The molecule has 1 N–H and O–H groups in total. The first-order valence-corrected chi connectivity index (χ1v) is 10.5. The highest BCUT2D eigenvalue weighted by atomic mass is 19.1. The molecular weight excluding hydrogens is 365 g/mol. The highest BCUT2D eigenvalue weighted by molar-refractivity contribution is 5.90. The van der Waals surface area contributed by atoms with Crippen molar-refractivity contribution in [2.24, 2.45) is 0 Å². The molecular formula is C24H28FN3O. The number of aromatic nitrogens is 2. The third-order valence-electron chi connectivity index (χ3n) is 6.67. The first-order chi connectivity index (χ1) is 13.9. The quantitative estimate of drug-likeness (QED) is 0.700. The van der Waals surface area contributed by atoms with E-state index in [9.17, 15) is 5.11 Å². The molecule has 3 unspecified atom stereocenters. The molecule has 5 rings (SSSR count). The van der Waals surface area contributed by atoms with Gasteiger partial charge in [0.05, 0.1) is 23.9 Å². The first kappa shape index (κ1) is 18.8. The fourth-order valence-corrected chi connectivity index (χ4v) is 5.65. The summed E-state index contributed by atoms with van der Waals surface area (Å²) in [6.45, 7) is 7.62. The highest BCUT2D eigenvalue weighted by Crippen LogP contribution is 2.50. The van der Waals surface area contributed by atoms with Gasteiger partial charge >= 0.3 is 0 Å². The standard InChI is InChI=1S/C24H28FN3O/c1-15-11-16(2)22-18(12-15)21-19-5-4-10-27(19)14-24(3,25)23(21)28(22)13-20(29)17-6-8-26-9-7-17/h6-9,11-12,19-20,29H,4-5,10,13-14H2,1-3H3. The van der Waals surface area contributed by atoms with Crippen LogP contribution < -0.4 is 0 Å². The molecule has 1 aromatic carbocycles. The van der Waals surface area contributed by atoms with Crippen LogP contribution in [-0.2, 0) is 12.2 Å². The Morgan fingerprint density at radius 2 is 2.03 bits per heavy atom. The van der Waals surface area contributed by atoms with Crippen LogP contribution in [0.1, 0.15) is 59.9 Å². The minimum absolute atomic E-state index is 0.275. The molecule has 0 amide bonds. The van der Waals surface area contributed by atoms with Crippen LogP contribution in [0.15, 0.2) is 36.7 Å². The number of alkyl halides is 1. The van der Waals surface area contributed by atoms with Gasteiger partial charge in [-0.15, -0.1) is 0 Å². The van der Waals surface area contributed by atoms with Crippen LogP contribution in [0.3, 0.4) is 0 Å². The molecule has 2 aliphatic heterocycles. The molecule has 3 aromatic rings. The molecule has 152 valence electrons. The molecule has 0 bridgehead atoms. The van der Waals surface area contributed by atoms with Crippen molar-refractivity contribution in [3.8, 4) is 0 Å². The number of benzene rings is 1. The minimum Gasteiger partial charge on any atom is -0.387 e. The maximum Gasteiger partial charge on any atom is 0.160 e. The maximum absolute atomic E-state index is 16.1. The molecule has 0 saturated carbocycles. The Morgan fingerprint density at radius 1 is 1.28 bits per heavy atom. The number of hydrogen-bond donors (Lipinski definition) is 1. The number of fused-ring (bicyclic) bond motifs is 5. The summed E-state index contributed by atoms with van der Waals surface area (Å²) in [5, 5.41) is 12.1. The molecule has 2 aromatic heterocycles. The second-order valence-corrected chi connectivity index (χ2v) is 8.97. The summed E-state index contributed by atoms with van der Waals surface area (Å²) in [5.74, 6) is 0. The number of hydrogen-bond acceptors (Lipinski definition) is 3. The second kappa shape index (κ2) is 6.64. The Morgan fingerprint density at radius 3 is 2.79 bits per heavy atom. The topological polar surface area (TPSA) is 41.3 Å². The van der Waals surface area contributed by atoms with Crippen LogP contribution in [-0.4, -0.2) is 32.6 Å². The zero-order valence-corrected chi connectivity index (χ0v) is 17.3. The van der Waals surface area contributed by atoms with Gasteiger partial charge in [0.25, 0.3) is 0 Å². The second-order valence-electron chi connectivity index (χ2n) is 8.97. The molecule has 3 atom stereocenters. The number of aliphatic hydroxyl groups excluding tert-OH is 1. The van der Waals surface area contributed by atoms with Crippen LogP contribution in [0.5, 0.6) is 0 Å². The van der Waals surface area contributed by atoms with Crippen LogP contribution in [0, 0.1) is 13.8 Å². The Hall–Kier alpha value is -2.24. The molecule has 1 saturated heterocycles. The van der Waals surface area contributed by atoms with E-state index in [4.69, 9.17) is 0 Å². The third kappa shape index (κ3) is 2.90. The summed E-state index contributed by atoms with van der Waals surface area (Å²) in [6.07, 6.45) is 4.84. The zero-order valence-electron chi connectivity index (χ0n) is 17.3. The largest absolute Gasteiger partial charge is 0.387 e. The van der Waals surface area contributed by atoms with Gasteiger partial charge in [0.2, 0.25) is 0 Å². The maximum atomic E-state index is 16.1. The predicted molar refractivity (Wildman–Crippen MR) is 113 cm³/mol. The number of aryl methyl sites for hydroxylation is 2. The lowest BCUT2D eigenvalue weighted by Gasteiger charge is -2.39. The third-order valence-corrected chi connectivity index (χ3v) is 6.67. The zero-order chi connectivity index (χ0) is 20.3. The average Bonchev–Trinajstić information content (AvgIpc) is 3.25. The van der Waals surface area contributed by atoms with Crippen molar-refractivity contribution < 1.29 is 9.50 Å². The van der Waals surface area contributed by atoms with E-state index in [1.807, 2.05) is 12.1 Å². The Balaban J connectivity index is 1.75. The number of nitrogens with zero attached hydrogens (tertiary/aromatic N) is 3. The van der Waals surface area contributed by atoms with E-state index in [2.05, 4.69) is 40.4 Å². The molecule has 4 heterocycles. The fraction of sp³-hybridized carbons (Fsp3) is 0.458.